The second-order valence-corrected chi connectivity index (χ2v) is 8.24. The molecular formula is C19H19IN6O. The molecular weight excluding hydrogens is 455 g/mol. The maximum absolute atomic E-state index is 9.85. The Hall–Kier alpha value is -2.49. The highest BCUT2D eigenvalue weighted by molar-refractivity contribution is 14.2. The molecule has 0 unspecified atom stereocenters. The molecule has 0 radical (unpaired) electrons. The number of anilines is 3. The largest absolute Gasteiger partial charge is 0.508 e. The first-order chi connectivity index (χ1) is 13.3. The van der Waals surface area contributed by atoms with Gasteiger partial charge in [-0.1, -0.05) is 18.2 Å². The molecule has 3 heterocycles. The SMILES string of the molecule is Oc1ccc2cccc(NC[C@H]3CCCN3c3ncnc4c3N=IN4)c2c1. The van der Waals surface area contributed by atoms with Crippen LogP contribution in [0.2, 0.25) is 0 Å². The van der Waals surface area contributed by atoms with Crippen LogP contribution in [0, 0.1) is 0 Å². The summed E-state index contributed by atoms with van der Waals surface area (Å²) >= 11 is -0.397. The third-order valence-corrected chi connectivity index (χ3v) is 6.58. The maximum Gasteiger partial charge on any atom is 0.167 e. The van der Waals surface area contributed by atoms with Gasteiger partial charge in [-0.2, -0.15) is 3.15 Å². The van der Waals surface area contributed by atoms with E-state index in [1.54, 1.807) is 12.4 Å². The van der Waals surface area contributed by atoms with E-state index < -0.39 is 21.3 Å². The van der Waals surface area contributed by atoms with Gasteiger partial charge >= 0.3 is 0 Å². The van der Waals surface area contributed by atoms with Crippen molar-refractivity contribution >= 4 is 55.1 Å². The molecule has 5 rings (SSSR count). The lowest BCUT2D eigenvalue weighted by Gasteiger charge is -2.27. The summed E-state index contributed by atoms with van der Waals surface area (Å²) in [6.07, 6.45) is 3.89. The van der Waals surface area contributed by atoms with Gasteiger partial charge in [-0.25, -0.2) is 9.97 Å². The number of aromatic hydroxyl groups is 1. The lowest BCUT2D eigenvalue weighted by Crippen LogP contribution is -2.35. The maximum atomic E-state index is 9.85. The van der Waals surface area contributed by atoms with Crippen molar-refractivity contribution in [2.75, 3.05) is 26.8 Å². The molecule has 0 amide bonds. The number of hydrogen-bond acceptors (Lipinski definition) is 7. The number of aromatic nitrogens is 2. The summed E-state index contributed by atoms with van der Waals surface area (Å²) in [6, 6.07) is 12.0. The molecule has 2 aliphatic heterocycles. The highest BCUT2D eigenvalue weighted by Gasteiger charge is 2.29. The van der Waals surface area contributed by atoms with Gasteiger partial charge in [0.25, 0.3) is 0 Å². The zero-order chi connectivity index (χ0) is 18.2. The Kier molecular flexibility index (Phi) is 4.27. The van der Waals surface area contributed by atoms with E-state index in [0.717, 1.165) is 59.7 Å². The first kappa shape index (κ1) is 16.7. The number of nitrogens with zero attached hydrogens (tertiary/aromatic N) is 4. The van der Waals surface area contributed by atoms with Crippen LogP contribution in [-0.4, -0.2) is 34.2 Å². The zero-order valence-corrected chi connectivity index (χ0v) is 16.7. The van der Waals surface area contributed by atoms with Crippen LogP contribution in [0.1, 0.15) is 12.8 Å². The summed E-state index contributed by atoms with van der Waals surface area (Å²) in [5.41, 5.74) is 1.97. The number of fused-ring (bicyclic) bond motifs is 2. The van der Waals surface area contributed by atoms with Gasteiger partial charge in [0.2, 0.25) is 0 Å². The van der Waals surface area contributed by atoms with Crippen LogP contribution in [0.15, 0.2) is 45.9 Å². The molecule has 138 valence electrons. The van der Waals surface area contributed by atoms with Crippen LogP contribution in [-0.2, 0) is 0 Å². The van der Waals surface area contributed by atoms with Crippen LogP contribution < -0.4 is 13.7 Å². The lowest BCUT2D eigenvalue weighted by atomic mass is 10.1. The van der Waals surface area contributed by atoms with Gasteiger partial charge in [-0.05, 0) is 36.4 Å². The molecule has 2 aromatic carbocycles. The molecule has 1 aromatic heterocycles. The smallest absolute Gasteiger partial charge is 0.167 e. The van der Waals surface area contributed by atoms with E-state index in [2.05, 4.69) is 39.0 Å². The van der Waals surface area contributed by atoms with E-state index in [1.165, 1.54) is 0 Å². The minimum absolute atomic E-state index is 0.285. The van der Waals surface area contributed by atoms with E-state index in [0.29, 0.717) is 6.04 Å². The Morgan fingerprint density at radius 1 is 1.26 bits per heavy atom. The van der Waals surface area contributed by atoms with E-state index in [1.807, 2.05) is 18.2 Å². The fourth-order valence-corrected chi connectivity index (χ4v) is 5.23. The van der Waals surface area contributed by atoms with Gasteiger partial charge in [-0.15, -0.1) is 0 Å². The van der Waals surface area contributed by atoms with Crippen molar-refractivity contribution < 1.29 is 5.11 Å². The highest BCUT2D eigenvalue weighted by atomic mass is 127. The van der Waals surface area contributed by atoms with Crippen molar-refractivity contribution in [3.63, 3.8) is 0 Å². The van der Waals surface area contributed by atoms with Gasteiger partial charge in [0.15, 0.2) is 17.3 Å². The Morgan fingerprint density at radius 3 is 3.19 bits per heavy atom. The molecule has 8 heteroatoms. The summed E-state index contributed by atoms with van der Waals surface area (Å²) in [5, 5.41) is 15.6. The predicted molar refractivity (Wildman–Crippen MR) is 116 cm³/mol. The molecule has 3 aromatic rings. The molecule has 27 heavy (non-hydrogen) atoms. The Labute approximate surface area is 167 Å². The Morgan fingerprint density at radius 2 is 2.22 bits per heavy atom. The number of phenols is 1. The summed E-state index contributed by atoms with van der Waals surface area (Å²) in [7, 11) is 0. The van der Waals surface area contributed by atoms with Crippen molar-refractivity contribution in [1.82, 2.24) is 9.97 Å². The molecule has 3 N–H and O–H groups in total. The second-order valence-electron chi connectivity index (χ2n) is 6.74. The number of nitrogens with one attached hydrogen (secondary N) is 2. The average molecular weight is 474 g/mol. The second kappa shape index (κ2) is 6.91. The Balaban J connectivity index is 1.39. The topological polar surface area (TPSA) is 85.7 Å². The van der Waals surface area contributed by atoms with E-state index in [-0.39, 0.29) is 5.75 Å². The molecule has 1 fully saturated rings. The van der Waals surface area contributed by atoms with Gasteiger partial charge in [0.05, 0.1) is 0 Å². The average Bonchev–Trinajstić information content (AvgIpc) is 3.35. The van der Waals surface area contributed by atoms with Gasteiger partial charge in [-0.3, -0.25) is 0 Å². The van der Waals surface area contributed by atoms with Crippen LogP contribution in [0.4, 0.5) is 23.0 Å². The zero-order valence-electron chi connectivity index (χ0n) is 14.6. The Bertz CT molecular complexity index is 1040. The number of rotatable bonds is 4. The van der Waals surface area contributed by atoms with Gasteiger partial charge in [0.1, 0.15) is 33.4 Å². The van der Waals surface area contributed by atoms with Crippen LogP contribution in [0.3, 0.4) is 0 Å². The standard InChI is InChI=1S/C19H19IN6O/c27-14-7-6-12-3-1-5-16(15(12)9-14)21-10-13-4-2-8-26(13)19-17-18(22-11-23-19)25-20-24-17/h1,3,5-7,9,11,13,21,27H,2,4,8,10H2,(H,22,23,24,25)/t13-/m1/s1. The van der Waals surface area contributed by atoms with Gasteiger partial charge < -0.3 is 18.9 Å². The van der Waals surface area contributed by atoms with E-state index >= 15 is 0 Å². The summed E-state index contributed by atoms with van der Waals surface area (Å²) in [6.45, 7) is 1.80. The molecule has 0 aliphatic carbocycles. The quantitative estimate of drug-likeness (QED) is 0.380. The van der Waals surface area contributed by atoms with Crippen LogP contribution in [0.5, 0.6) is 5.75 Å². The van der Waals surface area contributed by atoms with Crippen LogP contribution in [0.25, 0.3) is 10.8 Å². The monoisotopic (exact) mass is 474 g/mol. The fraction of sp³-hybridized carbons (Fsp3) is 0.263. The van der Waals surface area contributed by atoms with Gasteiger partial charge in [0, 0.05) is 30.2 Å². The highest BCUT2D eigenvalue weighted by Crippen LogP contribution is 2.42. The summed E-state index contributed by atoms with van der Waals surface area (Å²) < 4.78 is 7.92. The number of phenolic OH excluding ortho intramolecular Hbond substituents is 1. The van der Waals surface area contributed by atoms with E-state index in [4.69, 9.17) is 0 Å². The number of hydrogen-bond donors (Lipinski definition) is 3. The minimum atomic E-state index is -0.397. The fourth-order valence-electron chi connectivity index (χ4n) is 3.80. The van der Waals surface area contributed by atoms with Crippen molar-refractivity contribution in [3.05, 3.63) is 42.7 Å². The molecule has 0 bridgehead atoms. The molecule has 0 saturated carbocycles. The molecule has 1 atom stereocenters. The van der Waals surface area contributed by atoms with Crippen LogP contribution >= 0.6 is 21.3 Å². The number of halogens is 1. The van der Waals surface area contributed by atoms with Crippen molar-refractivity contribution in [1.29, 1.82) is 0 Å². The predicted octanol–water partition coefficient (Wildman–Crippen LogP) is 4.54. The van der Waals surface area contributed by atoms with Crippen molar-refractivity contribution in [2.24, 2.45) is 3.15 Å². The summed E-state index contributed by atoms with van der Waals surface area (Å²) in [5.74, 6) is 2.11. The van der Waals surface area contributed by atoms with Crippen molar-refractivity contribution in [3.8, 4) is 5.75 Å². The molecule has 7 nitrogen and oxygen atoms in total. The normalized spacial score (nSPS) is 18.2. The molecule has 1 saturated heterocycles. The molecule has 0 spiro atoms. The lowest BCUT2D eigenvalue weighted by molar-refractivity contribution is 0.476. The number of benzene rings is 2. The first-order valence-corrected chi connectivity index (χ1v) is 11.0. The molecule has 2 aliphatic rings. The third kappa shape index (κ3) is 3.07. The minimum Gasteiger partial charge on any atom is -0.508 e. The third-order valence-electron chi connectivity index (χ3n) is 5.10. The van der Waals surface area contributed by atoms with E-state index in [9.17, 15) is 5.11 Å². The summed E-state index contributed by atoms with van der Waals surface area (Å²) in [4.78, 5) is 11.2. The first-order valence-electron chi connectivity index (χ1n) is 8.97. The van der Waals surface area contributed by atoms with Crippen molar-refractivity contribution in [2.45, 2.75) is 18.9 Å².